The average molecular weight is 403 g/mol. The molecule has 0 atom stereocenters. The highest BCUT2D eigenvalue weighted by Crippen LogP contribution is 2.37. The van der Waals surface area contributed by atoms with Crippen LogP contribution in [-0.4, -0.2) is 17.0 Å². The Hall–Kier alpha value is -3.02. The second-order valence-corrected chi connectivity index (χ2v) is 6.16. The van der Waals surface area contributed by atoms with Crippen LogP contribution in [0.4, 0.5) is 0 Å². The summed E-state index contributed by atoms with van der Waals surface area (Å²) in [6, 6.07) is 16.7. The molecule has 0 aliphatic carbocycles. The number of hydrogen-bond donors (Lipinski definition) is 1. The summed E-state index contributed by atoms with van der Waals surface area (Å²) in [5, 5.41) is 10.5. The second kappa shape index (κ2) is 8.12. The summed E-state index contributed by atoms with van der Waals surface area (Å²) < 4.78 is 10.5. The Kier molecular flexibility index (Phi) is 5.64. The first-order chi connectivity index (χ1) is 13.0. The molecule has 27 heavy (non-hydrogen) atoms. The van der Waals surface area contributed by atoms with Crippen molar-refractivity contribution < 1.29 is 24.2 Å². The maximum atomic E-state index is 12.4. The first-order valence-electron chi connectivity index (χ1n) is 7.73. The molecule has 0 unspecified atom stereocenters. The molecule has 0 aromatic heterocycles. The first kappa shape index (κ1) is 18.8. The van der Waals surface area contributed by atoms with E-state index in [1.807, 2.05) is 0 Å². The molecule has 1 N–H and O–H groups in total. The van der Waals surface area contributed by atoms with Gasteiger partial charge in [-0.05, 0) is 36.4 Å². The molecule has 7 heteroatoms. The number of carbonyl (C=O) groups excluding carboxylic acids is 2. The molecule has 0 aliphatic rings. The van der Waals surface area contributed by atoms with Gasteiger partial charge in [-0.3, -0.25) is 0 Å². The Labute approximate surface area is 164 Å². The van der Waals surface area contributed by atoms with Gasteiger partial charge in [0.2, 0.25) is 5.75 Å². The minimum absolute atomic E-state index is 0.103. The average Bonchev–Trinajstić information content (AvgIpc) is 2.65. The summed E-state index contributed by atoms with van der Waals surface area (Å²) in [5.74, 6) is -2.39. The predicted molar refractivity (Wildman–Crippen MR) is 101 cm³/mol. The Morgan fingerprint density at radius 2 is 1.22 bits per heavy atom. The van der Waals surface area contributed by atoms with Crippen LogP contribution in [0.3, 0.4) is 0 Å². The van der Waals surface area contributed by atoms with Crippen molar-refractivity contribution in [2.75, 3.05) is 0 Å². The number of esters is 2. The number of halogens is 2. The maximum absolute atomic E-state index is 12.4. The number of hydrogen-bond acceptors (Lipinski definition) is 5. The Balaban J connectivity index is 1.89. The third-order valence-corrected chi connectivity index (χ3v) is 4.20. The van der Waals surface area contributed by atoms with E-state index in [2.05, 4.69) is 0 Å². The van der Waals surface area contributed by atoms with Crippen molar-refractivity contribution in [1.29, 1.82) is 0 Å². The van der Waals surface area contributed by atoms with Crippen LogP contribution in [0, 0.1) is 0 Å². The van der Waals surface area contributed by atoms with Crippen molar-refractivity contribution in [3.05, 3.63) is 87.9 Å². The van der Waals surface area contributed by atoms with E-state index in [9.17, 15) is 14.7 Å². The van der Waals surface area contributed by atoms with Gasteiger partial charge in [0.05, 0.1) is 21.2 Å². The van der Waals surface area contributed by atoms with E-state index in [-0.39, 0.29) is 38.4 Å². The first-order valence-corrected chi connectivity index (χ1v) is 8.48. The standard InChI is InChI=1S/C20H12Cl2O5/c21-14-8-3-1-6-12(14)19(24)26-17-11-5-10-16(23)18(17)27-20(25)13-7-2-4-9-15(13)22/h1-11,23H. The number of phenolic OH excluding ortho intramolecular Hbond substituents is 1. The zero-order valence-corrected chi connectivity index (χ0v) is 15.2. The van der Waals surface area contributed by atoms with E-state index in [0.717, 1.165) is 0 Å². The van der Waals surface area contributed by atoms with Gasteiger partial charge >= 0.3 is 11.9 Å². The normalized spacial score (nSPS) is 10.3. The monoisotopic (exact) mass is 402 g/mol. The van der Waals surface area contributed by atoms with E-state index in [1.165, 1.54) is 36.4 Å². The largest absolute Gasteiger partial charge is 0.504 e. The van der Waals surface area contributed by atoms with Gasteiger partial charge in [-0.15, -0.1) is 0 Å². The summed E-state index contributed by atoms with van der Waals surface area (Å²) >= 11 is 12.0. The highest BCUT2D eigenvalue weighted by molar-refractivity contribution is 6.34. The van der Waals surface area contributed by atoms with E-state index >= 15 is 0 Å². The van der Waals surface area contributed by atoms with Crippen LogP contribution in [0.1, 0.15) is 20.7 Å². The number of aromatic hydroxyl groups is 1. The fourth-order valence-electron chi connectivity index (χ4n) is 2.24. The Morgan fingerprint density at radius 1 is 0.704 bits per heavy atom. The number of benzene rings is 3. The topological polar surface area (TPSA) is 72.8 Å². The number of ether oxygens (including phenoxy) is 2. The van der Waals surface area contributed by atoms with Gasteiger partial charge in [-0.2, -0.15) is 0 Å². The molecular weight excluding hydrogens is 391 g/mol. The van der Waals surface area contributed by atoms with Crippen molar-refractivity contribution in [3.8, 4) is 17.2 Å². The molecule has 5 nitrogen and oxygen atoms in total. The smallest absolute Gasteiger partial charge is 0.345 e. The zero-order chi connectivity index (χ0) is 19.4. The molecule has 0 radical (unpaired) electrons. The number of carbonyl (C=O) groups is 2. The van der Waals surface area contributed by atoms with E-state index in [0.29, 0.717) is 0 Å². The van der Waals surface area contributed by atoms with Gasteiger partial charge in [0.25, 0.3) is 0 Å². The van der Waals surface area contributed by atoms with Crippen LogP contribution >= 0.6 is 23.2 Å². The lowest BCUT2D eigenvalue weighted by molar-refractivity contribution is 0.0678. The lowest BCUT2D eigenvalue weighted by Crippen LogP contribution is -2.13. The molecule has 0 bridgehead atoms. The Morgan fingerprint density at radius 3 is 1.78 bits per heavy atom. The quantitative estimate of drug-likeness (QED) is 0.483. The second-order valence-electron chi connectivity index (χ2n) is 5.34. The van der Waals surface area contributed by atoms with Crippen LogP contribution < -0.4 is 9.47 Å². The molecule has 0 spiro atoms. The molecule has 3 aromatic carbocycles. The molecule has 0 amide bonds. The minimum atomic E-state index is -0.808. The molecule has 0 heterocycles. The molecule has 3 aromatic rings. The highest BCUT2D eigenvalue weighted by atomic mass is 35.5. The fourth-order valence-corrected chi connectivity index (χ4v) is 2.67. The van der Waals surface area contributed by atoms with Crippen molar-refractivity contribution >= 4 is 35.1 Å². The lowest BCUT2D eigenvalue weighted by Gasteiger charge is -2.12. The Bertz CT molecular complexity index is 1020. The van der Waals surface area contributed by atoms with Crippen molar-refractivity contribution in [3.63, 3.8) is 0 Å². The van der Waals surface area contributed by atoms with Crippen LogP contribution in [-0.2, 0) is 0 Å². The molecule has 3 rings (SSSR count). The van der Waals surface area contributed by atoms with E-state index in [4.69, 9.17) is 32.7 Å². The molecule has 0 saturated carbocycles. The lowest BCUT2D eigenvalue weighted by atomic mass is 10.2. The van der Waals surface area contributed by atoms with Gasteiger partial charge in [-0.25, -0.2) is 9.59 Å². The molecule has 136 valence electrons. The van der Waals surface area contributed by atoms with Gasteiger partial charge in [0, 0.05) is 0 Å². The summed E-state index contributed by atoms with van der Waals surface area (Å²) in [4.78, 5) is 24.7. The number of para-hydroxylation sites is 1. The summed E-state index contributed by atoms with van der Waals surface area (Å²) in [5.41, 5.74) is 0.233. The predicted octanol–water partition coefficient (Wildman–Crippen LogP) is 5.14. The van der Waals surface area contributed by atoms with Gasteiger partial charge in [0.15, 0.2) is 11.5 Å². The van der Waals surface area contributed by atoms with Gasteiger partial charge in [-0.1, -0.05) is 53.5 Å². The summed E-state index contributed by atoms with van der Waals surface area (Å²) in [6.07, 6.45) is 0. The van der Waals surface area contributed by atoms with Gasteiger partial charge < -0.3 is 14.6 Å². The molecular formula is C20H12Cl2O5. The molecule has 0 fully saturated rings. The SMILES string of the molecule is O=C(Oc1cccc(O)c1OC(=O)c1ccccc1Cl)c1ccccc1Cl. The van der Waals surface area contributed by atoms with E-state index in [1.54, 1.807) is 30.3 Å². The fraction of sp³-hybridized carbons (Fsp3) is 0. The maximum Gasteiger partial charge on any atom is 0.345 e. The number of phenols is 1. The van der Waals surface area contributed by atoms with Crippen molar-refractivity contribution in [2.45, 2.75) is 0 Å². The van der Waals surface area contributed by atoms with Crippen molar-refractivity contribution in [2.24, 2.45) is 0 Å². The third-order valence-electron chi connectivity index (χ3n) is 3.54. The third kappa shape index (κ3) is 4.22. The van der Waals surface area contributed by atoms with E-state index < -0.39 is 11.9 Å². The van der Waals surface area contributed by atoms with Crippen LogP contribution in [0.15, 0.2) is 66.7 Å². The van der Waals surface area contributed by atoms with Crippen LogP contribution in [0.2, 0.25) is 10.0 Å². The van der Waals surface area contributed by atoms with Crippen LogP contribution in [0.5, 0.6) is 17.2 Å². The summed E-state index contributed by atoms with van der Waals surface area (Å²) in [6.45, 7) is 0. The number of rotatable bonds is 4. The van der Waals surface area contributed by atoms with Gasteiger partial charge in [0.1, 0.15) is 0 Å². The van der Waals surface area contributed by atoms with Crippen LogP contribution in [0.25, 0.3) is 0 Å². The van der Waals surface area contributed by atoms with Crippen molar-refractivity contribution in [1.82, 2.24) is 0 Å². The summed E-state index contributed by atoms with van der Waals surface area (Å²) in [7, 11) is 0. The molecule has 0 saturated heterocycles. The highest BCUT2D eigenvalue weighted by Gasteiger charge is 2.21. The zero-order valence-electron chi connectivity index (χ0n) is 13.7. The minimum Gasteiger partial charge on any atom is -0.504 e. The molecule has 0 aliphatic heterocycles.